The highest BCUT2D eigenvalue weighted by atomic mass is 16.5. The monoisotopic (exact) mass is 611 g/mol. The molecule has 7 fully saturated rings. The highest BCUT2D eigenvalue weighted by Gasteiger charge is 2.73. The van der Waals surface area contributed by atoms with Crippen LogP contribution in [0.1, 0.15) is 132 Å². The minimum absolute atomic E-state index is 0.00295. The molecule has 0 spiro atoms. The Morgan fingerprint density at radius 3 is 2.18 bits per heavy atom. The summed E-state index contributed by atoms with van der Waals surface area (Å²) in [5, 5.41) is 14.8. The van der Waals surface area contributed by atoms with Gasteiger partial charge in [-0.15, -0.1) is 0 Å². The van der Waals surface area contributed by atoms with Gasteiger partial charge in [-0.05, 0) is 148 Å². The summed E-state index contributed by atoms with van der Waals surface area (Å²) in [6.45, 7) is 24.3. The minimum Gasteiger partial charge on any atom is -0.393 e. The molecular weight excluding hydrogens is 544 g/mol. The van der Waals surface area contributed by atoms with Crippen LogP contribution in [0.5, 0.6) is 0 Å². The third-order valence-electron chi connectivity index (χ3n) is 17.0. The van der Waals surface area contributed by atoms with Gasteiger partial charge in [0.15, 0.2) is 0 Å². The van der Waals surface area contributed by atoms with Gasteiger partial charge in [-0.1, -0.05) is 41.5 Å². The lowest BCUT2D eigenvalue weighted by atomic mass is 9.32. The van der Waals surface area contributed by atoms with Gasteiger partial charge in [-0.3, -0.25) is 9.69 Å². The van der Waals surface area contributed by atoms with Crippen molar-refractivity contribution in [1.29, 1.82) is 0 Å². The number of ether oxygens (including phenoxy) is 1. The van der Waals surface area contributed by atoms with Crippen LogP contribution in [0.25, 0.3) is 0 Å². The number of carbonyl (C=O) groups is 1. The summed E-state index contributed by atoms with van der Waals surface area (Å²) in [6.07, 6.45) is 14.5. The molecule has 44 heavy (non-hydrogen) atoms. The minimum atomic E-state index is -0.245. The second-order valence-corrected chi connectivity index (χ2v) is 19.8. The number of hydrogen-bond donors (Lipinski definition) is 2. The molecule has 1 amide bonds. The Labute approximate surface area is 269 Å². The highest BCUT2D eigenvalue weighted by molar-refractivity contribution is 5.84. The average Bonchev–Trinajstić information content (AvgIpc) is 3.56. The Hall–Kier alpha value is -0.650. The first-order valence-electron chi connectivity index (χ1n) is 18.8. The molecule has 2 N–H and O–H groups in total. The molecule has 6 aliphatic carbocycles. The summed E-state index contributed by atoms with van der Waals surface area (Å²) in [4.78, 5) is 17.3. The number of fused-ring (bicyclic) bond motifs is 7. The van der Waals surface area contributed by atoms with E-state index in [4.69, 9.17) is 4.74 Å². The summed E-state index contributed by atoms with van der Waals surface area (Å²) in [6, 6.07) is 0. The normalized spacial score (nSPS) is 49.7. The van der Waals surface area contributed by atoms with Crippen molar-refractivity contribution < 1.29 is 14.6 Å². The maximum atomic E-state index is 14.9. The van der Waals surface area contributed by atoms with E-state index in [1.807, 2.05) is 0 Å². The van der Waals surface area contributed by atoms with Crippen molar-refractivity contribution in [3.05, 3.63) is 0 Å². The molecule has 0 unspecified atom stereocenters. The lowest BCUT2D eigenvalue weighted by Gasteiger charge is -2.73. The molecule has 1 saturated heterocycles. The maximum absolute atomic E-state index is 14.9. The van der Waals surface area contributed by atoms with Crippen molar-refractivity contribution in [2.24, 2.45) is 62.1 Å². The van der Waals surface area contributed by atoms with E-state index in [1.165, 1.54) is 57.8 Å². The van der Waals surface area contributed by atoms with Crippen LogP contribution in [0.4, 0.5) is 0 Å². The fourth-order valence-electron chi connectivity index (χ4n) is 14.1. The topological polar surface area (TPSA) is 61.8 Å². The van der Waals surface area contributed by atoms with E-state index in [-0.39, 0.29) is 27.9 Å². The highest BCUT2D eigenvalue weighted by Crippen LogP contribution is 2.79. The summed E-state index contributed by atoms with van der Waals surface area (Å²) >= 11 is 0. The van der Waals surface area contributed by atoms with Gasteiger partial charge in [0.05, 0.1) is 24.7 Å². The van der Waals surface area contributed by atoms with Gasteiger partial charge < -0.3 is 15.2 Å². The van der Waals surface area contributed by atoms with Gasteiger partial charge in [0.1, 0.15) is 0 Å². The van der Waals surface area contributed by atoms with E-state index >= 15 is 0 Å². The lowest BCUT2D eigenvalue weighted by Crippen LogP contribution is -2.68. The van der Waals surface area contributed by atoms with E-state index in [0.717, 1.165) is 52.1 Å². The Bertz CT molecular complexity index is 1140. The van der Waals surface area contributed by atoms with Gasteiger partial charge in [0.25, 0.3) is 0 Å². The standard InChI is InChI=1S/C39H66N2O3/c1-33(2,25-41-21-23-44-24-22-41)40-32(43)39-16-11-26(35(5)17-18-35)31(39)27-9-10-29-36(6)14-13-30(42)34(3,4)28(36)12-15-38(29,8)37(27,7)19-20-39/h26-31,42H,9-25H2,1-8H3,(H,40,43)/t26-,27-,28+,29-,30+,31-,36+,37-,38-,39+/m1/s1. The summed E-state index contributed by atoms with van der Waals surface area (Å²) in [5.41, 5.74) is 0.868. The van der Waals surface area contributed by atoms with Gasteiger partial charge in [0, 0.05) is 25.2 Å². The van der Waals surface area contributed by atoms with E-state index < -0.39 is 0 Å². The van der Waals surface area contributed by atoms with E-state index in [2.05, 4.69) is 65.6 Å². The zero-order valence-corrected chi connectivity index (χ0v) is 29.7. The number of morpholine rings is 1. The first kappa shape index (κ1) is 31.9. The largest absolute Gasteiger partial charge is 0.393 e. The van der Waals surface area contributed by atoms with Crippen molar-refractivity contribution in [3.63, 3.8) is 0 Å². The number of aliphatic hydroxyl groups is 1. The second kappa shape index (κ2) is 10.2. The van der Waals surface area contributed by atoms with Crippen LogP contribution in [0, 0.1) is 62.1 Å². The quantitative estimate of drug-likeness (QED) is 0.339. The molecule has 0 aromatic carbocycles. The summed E-state index contributed by atoms with van der Waals surface area (Å²) in [5.74, 6) is 3.55. The summed E-state index contributed by atoms with van der Waals surface area (Å²) in [7, 11) is 0. The van der Waals surface area contributed by atoms with Gasteiger partial charge in [-0.25, -0.2) is 0 Å². The Kier molecular flexibility index (Phi) is 7.38. The number of carbonyl (C=O) groups excluding carboxylic acids is 1. The predicted molar refractivity (Wildman–Crippen MR) is 177 cm³/mol. The molecule has 5 nitrogen and oxygen atoms in total. The van der Waals surface area contributed by atoms with Crippen LogP contribution in [0.15, 0.2) is 0 Å². The molecule has 10 atom stereocenters. The molecule has 7 aliphatic rings. The molecule has 1 heterocycles. The van der Waals surface area contributed by atoms with Crippen LogP contribution in [0.3, 0.4) is 0 Å². The Balaban J connectivity index is 1.20. The SMILES string of the molecule is CC(C)(CN1CCOCC1)NC(=O)[C@]12CC[C@@H](C3(C)CC3)[C@@H]1[C@H]1CC[C@@H]3[C@@]4(C)CC[C@H](O)C(C)(C)[C@@H]4CC[C@@]3(C)[C@]1(C)CC2. The van der Waals surface area contributed by atoms with Crippen LogP contribution >= 0.6 is 0 Å². The molecule has 250 valence electrons. The molecule has 0 aromatic rings. The van der Waals surface area contributed by atoms with Crippen molar-refractivity contribution in [3.8, 4) is 0 Å². The third-order valence-corrected chi connectivity index (χ3v) is 17.0. The van der Waals surface area contributed by atoms with E-state index in [0.29, 0.717) is 51.7 Å². The molecule has 0 bridgehead atoms. The van der Waals surface area contributed by atoms with Crippen molar-refractivity contribution in [1.82, 2.24) is 10.2 Å². The number of nitrogens with zero attached hydrogens (tertiary/aromatic N) is 1. The smallest absolute Gasteiger partial charge is 0.226 e. The molecule has 7 rings (SSSR count). The average molecular weight is 611 g/mol. The van der Waals surface area contributed by atoms with E-state index in [1.54, 1.807) is 0 Å². The number of aliphatic hydroxyl groups excluding tert-OH is 1. The number of nitrogens with one attached hydrogen (secondary N) is 1. The number of amides is 1. The zero-order chi connectivity index (χ0) is 31.6. The van der Waals surface area contributed by atoms with Gasteiger partial charge in [-0.2, -0.15) is 0 Å². The molecule has 1 aliphatic heterocycles. The first-order chi connectivity index (χ1) is 20.5. The molecular formula is C39H66N2O3. The lowest BCUT2D eigenvalue weighted by molar-refractivity contribution is -0.248. The number of rotatable bonds is 5. The second-order valence-electron chi connectivity index (χ2n) is 19.8. The maximum Gasteiger partial charge on any atom is 0.226 e. The zero-order valence-electron chi connectivity index (χ0n) is 29.7. The Morgan fingerprint density at radius 2 is 1.50 bits per heavy atom. The van der Waals surface area contributed by atoms with Crippen LogP contribution in [-0.4, -0.2) is 60.4 Å². The molecule has 0 radical (unpaired) electrons. The van der Waals surface area contributed by atoms with Gasteiger partial charge in [0.2, 0.25) is 5.91 Å². The molecule has 5 heteroatoms. The molecule has 6 saturated carbocycles. The fourth-order valence-corrected chi connectivity index (χ4v) is 14.1. The van der Waals surface area contributed by atoms with E-state index in [9.17, 15) is 9.90 Å². The van der Waals surface area contributed by atoms with Gasteiger partial charge >= 0.3 is 0 Å². The third kappa shape index (κ3) is 4.42. The van der Waals surface area contributed by atoms with Crippen molar-refractivity contribution in [2.45, 2.75) is 144 Å². The van der Waals surface area contributed by atoms with Crippen LogP contribution in [0.2, 0.25) is 0 Å². The number of hydrogen-bond acceptors (Lipinski definition) is 4. The first-order valence-corrected chi connectivity index (χ1v) is 18.8. The predicted octanol–water partition coefficient (Wildman–Crippen LogP) is 7.46. The summed E-state index contributed by atoms with van der Waals surface area (Å²) < 4.78 is 5.61. The van der Waals surface area contributed by atoms with Crippen LogP contribution in [-0.2, 0) is 9.53 Å². The fraction of sp³-hybridized carbons (Fsp3) is 0.974. The van der Waals surface area contributed by atoms with Crippen molar-refractivity contribution >= 4 is 5.91 Å². The van der Waals surface area contributed by atoms with Crippen molar-refractivity contribution in [2.75, 3.05) is 32.8 Å². The Morgan fingerprint density at radius 1 is 0.795 bits per heavy atom. The van der Waals surface area contributed by atoms with Crippen LogP contribution < -0.4 is 5.32 Å². The molecule has 0 aromatic heterocycles.